The Hall–Kier alpha value is -4.27. The lowest BCUT2D eigenvalue weighted by Gasteiger charge is -2.35. The zero-order chi connectivity index (χ0) is 33.2. The highest BCUT2D eigenvalue weighted by Gasteiger charge is 2.42. The number of anilines is 3. The van der Waals surface area contributed by atoms with Crippen LogP contribution in [0.25, 0.3) is 5.69 Å². The molecule has 3 aromatic heterocycles. The van der Waals surface area contributed by atoms with E-state index < -0.39 is 10.1 Å². The van der Waals surface area contributed by atoms with Crippen LogP contribution in [0.1, 0.15) is 52.0 Å². The van der Waals surface area contributed by atoms with Gasteiger partial charge in [0.15, 0.2) is 0 Å². The number of rotatable bonds is 6. The predicted octanol–water partition coefficient (Wildman–Crippen LogP) is 5.42. The van der Waals surface area contributed by atoms with Crippen LogP contribution in [0.5, 0.6) is 0 Å². The lowest BCUT2D eigenvalue weighted by atomic mass is 10.1. The summed E-state index contributed by atoms with van der Waals surface area (Å²) in [5.41, 5.74) is 5.52. The summed E-state index contributed by atoms with van der Waals surface area (Å²) in [5.74, 6) is 1.57. The van der Waals surface area contributed by atoms with Crippen molar-refractivity contribution in [2.45, 2.75) is 46.0 Å². The maximum atomic E-state index is 13.1. The number of carbonyl (C=O) groups is 2. The Balaban J connectivity index is 0.000000775. The van der Waals surface area contributed by atoms with Gasteiger partial charge < -0.3 is 15.1 Å². The molecule has 4 heterocycles. The second-order valence-corrected chi connectivity index (χ2v) is 14.4. The first-order valence-corrected chi connectivity index (χ1v) is 17.7. The Morgan fingerprint density at radius 3 is 2.17 bits per heavy atom. The van der Waals surface area contributed by atoms with Gasteiger partial charge in [-0.3, -0.25) is 14.7 Å². The molecule has 3 N–H and O–H groups in total. The molecule has 1 saturated carbocycles. The van der Waals surface area contributed by atoms with E-state index in [1.54, 1.807) is 4.68 Å². The summed E-state index contributed by atoms with van der Waals surface area (Å²) in [7, 11) is -3.67. The number of piperazine rings is 1. The molecular formula is C32H39N7O5S2. The van der Waals surface area contributed by atoms with E-state index in [0.29, 0.717) is 43.9 Å². The number of urea groups is 1. The van der Waals surface area contributed by atoms with Crippen molar-refractivity contribution in [3.05, 3.63) is 81.3 Å². The SMILES string of the molecule is CS(=O)(=O)O.Cc1ccc(-n2nc(C3(C)CC3)cc2NC(=O)Nc2ccc(N3CCN(C(=O)c4sccc4C)CC3)nc2C)cc1. The number of nitrogens with zero attached hydrogens (tertiary/aromatic N) is 5. The second-order valence-electron chi connectivity index (χ2n) is 12.0. The maximum Gasteiger partial charge on any atom is 0.324 e. The molecule has 244 valence electrons. The van der Waals surface area contributed by atoms with E-state index in [1.807, 2.05) is 79.6 Å². The van der Waals surface area contributed by atoms with Crippen LogP contribution in [0, 0.1) is 20.8 Å². The Morgan fingerprint density at radius 2 is 1.61 bits per heavy atom. The average Bonchev–Trinajstić information content (AvgIpc) is 3.38. The number of hydrogen-bond donors (Lipinski definition) is 3. The topological polar surface area (TPSA) is 150 Å². The smallest absolute Gasteiger partial charge is 0.324 e. The summed E-state index contributed by atoms with van der Waals surface area (Å²) in [6.45, 7) is 10.8. The van der Waals surface area contributed by atoms with Crippen molar-refractivity contribution in [2.24, 2.45) is 0 Å². The third kappa shape index (κ3) is 8.11. The molecular weight excluding hydrogens is 627 g/mol. The molecule has 2 fully saturated rings. The molecule has 0 unspecified atom stereocenters. The molecule has 0 atom stereocenters. The van der Waals surface area contributed by atoms with Gasteiger partial charge in [0.1, 0.15) is 11.6 Å². The lowest BCUT2D eigenvalue weighted by Crippen LogP contribution is -2.49. The van der Waals surface area contributed by atoms with Crippen molar-refractivity contribution >= 4 is 50.7 Å². The molecule has 1 saturated heterocycles. The fraction of sp³-hybridized carbons (Fsp3) is 0.375. The number of amides is 3. The third-order valence-corrected chi connectivity index (χ3v) is 9.12. The number of aryl methyl sites for hydroxylation is 3. The van der Waals surface area contributed by atoms with E-state index in [-0.39, 0.29) is 17.4 Å². The van der Waals surface area contributed by atoms with Gasteiger partial charge in [0.05, 0.1) is 33.9 Å². The normalized spacial score (nSPS) is 15.5. The monoisotopic (exact) mass is 665 g/mol. The minimum Gasteiger partial charge on any atom is -0.353 e. The zero-order valence-corrected chi connectivity index (χ0v) is 28.2. The van der Waals surface area contributed by atoms with Crippen LogP contribution in [-0.2, 0) is 15.5 Å². The van der Waals surface area contributed by atoms with Gasteiger partial charge in [0.25, 0.3) is 16.0 Å². The molecule has 4 aromatic rings. The summed E-state index contributed by atoms with van der Waals surface area (Å²) in [4.78, 5) is 35.7. The number of pyridine rings is 1. The van der Waals surface area contributed by atoms with Gasteiger partial charge in [-0.2, -0.15) is 13.5 Å². The molecule has 0 spiro atoms. The Bertz CT molecular complexity index is 1830. The van der Waals surface area contributed by atoms with E-state index in [2.05, 4.69) is 22.5 Å². The summed E-state index contributed by atoms with van der Waals surface area (Å²) in [6.07, 6.45) is 2.91. The molecule has 3 amide bonds. The van der Waals surface area contributed by atoms with Crippen LogP contribution in [0.3, 0.4) is 0 Å². The first-order chi connectivity index (χ1) is 21.7. The van der Waals surface area contributed by atoms with Gasteiger partial charge in [-0.05, 0) is 74.9 Å². The standard InChI is InChI=1S/C31H35N7O2S.CH4O3S/c1-20-5-7-23(8-6-20)38-27(19-25(35-38)31(4)12-13-31)34-30(40)33-24-9-10-26(32-22(24)3)36-14-16-37(17-15-36)29(39)28-21(2)11-18-41-28;1-5(2,3)4/h5-11,18-19H,12-17H2,1-4H3,(H2,33,34,40);1H3,(H,2,3,4). The minimum atomic E-state index is -3.67. The van der Waals surface area contributed by atoms with Crippen LogP contribution in [0.2, 0.25) is 0 Å². The molecule has 1 aliphatic carbocycles. The minimum absolute atomic E-state index is 0.0703. The Labute approximate surface area is 273 Å². The molecule has 6 rings (SSSR count). The molecule has 0 bridgehead atoms. The quantitative estimate of drug-likeness (QED) is 0.231. The van der Waals surface area contributed by atoms with Gasteiger partial charge >= 0.3 is 6.03 Å². The highest BCUT2D eigenvalue weighted by molar-refractivity contribution is 7.85. The Kier molecular flexibility index (Phi) is 9.52. The van der Waals surface area contributed by atoms with E-state index in [1.165, 1.54) is 11.3 Å². The van der Waals surface area contributed by atoms with Crippen molar-refractivity contribution in [3.63, 3.8) is 0 Å². The summed E-state index contributed by atoms with van der Waals surface area (Å²) in [6, 6.07) is 15.5. The molecule has 14 heteroatoms. The Morgan fingerprint density at radius 1 is 0.957 bits per heavy atom. The number of hydrogen-bond acceptors (Lipinski definition) is 8. The van der Waals surface area contributed by atoms with Gasteiger partial charge in [-0.1, -0.05) is 24.6 Å². The summed E-state index contributed by atoms with van der Waals surface area (Å²) >= 11 is 1.50. The van der Waals surface area contributed by atoms with Gasteiger partial charge in [0, 0.05) is 37.7 Å². The van der Waals surface area contributed by atoms with Gasteiger partial charge in [0.2, 0.25) is 0 Å². The summed E-state index contributed by atoms with van der Waals surface area (Å²) < 4.78 is 27.7. The average molecular weight is 666 g/mol. The second kappa shape index (κ2) is 13.2. The largest absolute Gasteiger partial charge is 0.353 e. The van der Waals surface area contributed by atoms with Crippen molar-refractivity contribution in [1.82, 2.24) is 19.7 Å². The number of thiophene rings is 1. The fourth-order valence-corrected chi connectivity index (χ4v) is 5.98. The number of nitrogens with one attached hydrogen (secondary N) is 2. The zero-order valence-electron chi connectivity index (χ0n) is 26.6. The molecule has 1 aromatic carbocycles. The van der Waals surface area contributed by atoms with Crippen molar-refractivity contribution in [3.8, 4) is 5.69 Å². The van der Waals surface area contributed by atoms with Crippen LogP contribution >= 0.6 is 11.3 Å². The number of aromatic nitrogens is 3. The summed E-state index contributed by atoms with van der Waals surface area (Å²) in [5, 5.41) is 12.8. The fourth-order valence-electron chi connectivity index (χ4n) is 5.09. The van der Waals surface area contributed by atoms with Crippen LogP contribution in [0.15, 0.2) is 53.9 Å². The van der Waals surface area contributed by atoms with Crippen LogP contribution in [0.4, 0.5) is 22.1 Å². The first-order valence-electron chi connectivity index (χ1n) is 14.9. The third-order valence-electron chi connectivity index (χ3n) is 8.11. The van der Waals surface area contributed by atoms with Crippen molar-refractivity contribution < 1.29 is 22.6 Å². The number of benzene rings is 1. The van der Waals surface area contributed by atoms with Gasteiger partial charge in [-0.15, -0.1) is 11.3 Å². The maximum absolute atomic E-state index is 13.1. The van der Waals surface area contributed by atoms with E-state index in [4.69, 9.17) is 14.6 Å². The van der Waals surface area contributed by atoms with Crippen LogP contribution in [-0.4, -0.2) is 77.0 Å². The van der Waals surface area contributed by atoms with Crippen LogP contribution < -0.4 is 15.5 Å². The molecule has 12 nitrogen and oxygen atoms in total. The van der Waals surface area contributed by atoms with Crippen molar-refractivity contribution in [2.75, 3.05) is 48.0 Å². The van der Waals surface area contributed by atoms with E-state index in [0.717, 1.165) is 51.7 Å². The first kappa shape index (κ1) is 33.1. The van der Waals surface area contributed by atoms with E-state index >= 15 is 0 Å². The lowest BCUT2D eigenvalue weighted by molar-refractivity contribution is 0.0750. The molecule has 0 radical (unpaired) electrons. The predicted molar refractivity (Wildman–Crippen MR) is 181 cm³/mol. The molecule has 2 aliphatic rings. The molecule has 46 heavy (non-hydrogen) atoms. The van der Waals surface area contributed by atoms with E-state index in [9.17, 15) is 18.0 Å². The number of carbonyl (C=O) groups excluding carboxylic acids is 2. The highest BCUT2D eigenvalue weighted by atomic mass is 32.2. The highest BCUT2D eigenvalue weighted by Crippen LogP contribution is 2.47. The molecule has 1 aliphatic heterocycles. The van der Waals surface area contributed by atoms with Gasteiger partial charge in [-0.25, -0.2) is 14.5 Å². The van der Waals surface area contributed by atoms with Crippen molar-refractivity contribution in [1.29, 1.82) is 0 Å².